The fraction of sp³-hybridized carbons (Fsp3) is 0.806. The van der Waals surface area contributed by atoms with Crippen LogP contribution in [0.2, 0.25) is 0 Å². The van der Waals surface area contributed by atoms with Crippen molar-refractivity contribution in [3.63, 3.8) is 0 Å². The van der Waals surface area contributed by atoms with Gasteiger partial charge in [-0.05, 0) is 97.9 Å². The van der Waals surface area contributed by atoms with E-state index in [1.807, 2.05) is 12.4 Å². The summed E-state index contributed by atoms with van der Waals surface area (Å²) in [5, 5.41) is 0. The molecule has 2 saturated heterocycles. The van der Waals surface area contributed by atoms with Crippen LogP contribution in [0.1, 0.15) is 111 Å². The molecule has 0 N–H and O–H groups in total. The summed E-state index contributed by atoms with van der Waals surface area (Å²) in [7, 11) is 0. The summed E-state index contributed by atoms with van der Waals surface area (Å²) in [6, 6.07) is 0. The van der Waals surface area contributed by atoms with Crippen LogP contribution in [0.5, 0.6) is 0 Å². The predicted octanol–water partition coefficient (Wildman–Crippen LogP) is 7.36. The molecule has 4 aliphatic carbocycles. The first kappa shape index (κ1) is 22.0. The molecule has 0 aromatic carbocycles. The standard InChI is InChI=1S/C31H44N2O/c1-18(2)22-19-10-11-29(6)21(30(19,7)25-24(22)32-16-17-33-25)9-8-20-23-26-27(3,4)12-14-31(23,34-26)15-13-28(20,29)5/h16-18,20-21,23,26H,8-15H2,1-7H3/t20-,21-,23?,26+,28+,29+,30-,31-/m0/s1. The van der Waals surface area contributed by atoms with Crippen LogP contribution in [0.4, 0.5) is 0 Å². The zero-order valence-corrected chi connectivity index (χ0v) is 22.5. The highest BCUT2D eigenvalue weighted by Gasteiger charge is 2.75. The smallest absolute Gasteiger partial charge is 0.0888 e. The molecule has 5 fully saturated rings. The minimum atomic E-state index is 0.0462. The lowest BCUT2D eigenvalue weighted by Gasteiger charge is -2.76. The van der Waals surface area contributed by atoms with Gasteiger partial charge in [0.05, 0.1) is 23.1 Å². The second-order valence-electron chi connectivity index (χ2n) is 14.7. The van der Waals surface area contributed by atoms with Gasteiger partial charge in [-0.2, -0.15) is 0 Å². The molecule has 0 radical (unpaired) electrons. The van der Waals surface area contributed by atoms with E-state index in [0.717, 1.165) is 11.8 Å². The van der Waals surface area contributed by atoms with Crippen molar-refractivity contribution in [2.24, 2.45) is 39.9 Å². The molecule has 184 valence electrons. The third-order valence-corrected chi connectivity index (χ3v) is 13.0. The maximum Gasteiger partial charge on any atom is 0.0888 e. The Morgan fingerprint density at radius 1 is 0.882 bits per heavy atom. The largest absolute Gasteiger partial charge is 0.370 e. The van der Waals surface area contributed by atoms with Crippen LogP contribution in [-0.2, 0) is 10.2 Å². The number of fused-ring (bicyclic) bond motifs is 10. The predicted molar refractivity (Wildman–Crippen MR) is 136 cm³/mol. The number of nitrogens with zero attached hydrogens (tertiary/aromatic N) is 2. The molecule has 3 nitrogen and oxygen atoms in total. The molecular formula is C31H44N2O. The molecule has 7 rings (SSSR count). The van der Waals surface area contributed by atoms with Crippen LogP contribution in [-0.4, -0.2) is 21.7 Å². The zero-order valence-electron chi connectivity index (χ0n) is 22.5. The minimum absolute atomic E-state index is 0.0462. The Labute approximate surface area is 206 Å². The molecule has 2 aliphatic heterocycles. The second kappa shape index (κ2) is 6.36. The van der Waals surface area contributed by atoms with Gasteiger partial charge < -0.3 is 4.74 Å². The molecule has 2 bridgehead atoms. The maximum absolute atomic E-state index is 6.80. The Hall–Kier alpha value is -1.22. The summed E-state index contributed by atoms with van der Waals surface area (Å²) < 4.78 is 6.80. The van der Waals surface area contributed by atoms with Crippen molar-refractivity contribution in [3.05, 3.63) is 29.4 Å². The molecular weight excluding hydrogens is 416 g/mol. The summed E-state index contributed by atoms with van der Waals surface area (Å²) in [4.78, 5) is 10.0. The highest BCUT2D eigenvalue weighted by molar-refractivity contribution is 5.78. The van der Waals surface area contributed by atoms with E-state index in [0.29, 0.717) is 34.2 Å². The molecule has 1 spiro atoms. The molecule has 6 aliphatic rings. The molecule has 1 aromatic rings. The monoisotopic (exact) mass is 460 g/mol. The van der Waals surface area contributed by atoms with E-state index in [-0.39, 0.29) is 11.0 Å². The van der Waals surface area contributed by atoms with Gasteiger partial charge in [-0.3, -0.25) is 9.97 Å². The Morgan fingerprint density at radius 2 is 1.62 bits per heavy atom. The molecule has 3 heteroatoms. The van der Waals surface area contributed by atoms with Crippen molar-refractivity contribution in [2.75, 3.05) is 0 Å². The molecule has 3 saturated carbocycles. The van der Waals surface area contributed by atoms with Gasteiger partial charge in [0.25, 0.3) is 0 Å². The molecule has 8 atom stereocenters. The normalized spacial score (nSPS) is 50.0. The van der Waals surface area contributed by atoms with Crippen molar-refractivity contribution in [1.82, 2.24) is 9.97 Å². The third kappa shape index (κ3) is 2.22. The van der Waals surface area contributed by atoms with Gasteiger partial charge >= 0.3 is 0 Å². The lowest BCUT2D eigenvalue weighted by molar-refractivity contribution is -0.381. The highest BCUT2D eigenvalue weighted by atomic mass is 16.5. The van der Waals surface area contributed by atoms with Gasteiger partial charge in [-0.1, -0.05) is 47.1 Å². The van der Waals surface area contributed by atoms with E-state index in [1.54, 1.807) is 5.57 Å². The van der Waals surface area contributed by atoms with E-state index < -0.39 is 0 Å². The number of ether oxygens (including phenoxy) is 1. The highest BCUT2D eigenvalue weighted by Crippen LogP contribution is 2.77. The third-order valence-electron chi connectivity index (χ3n) is 13.0. The summed E-state index contributed by atoms with van der Waals surface area (Å²) >= 11 is 0. The average molecular weight is 461 g/mol. The number of aromatic nitrogens is 2. The minimum Gasteiger partial charge on any atom is -0.370 e. The van der Waals surface area contributed by atoms with E-state index in [2.05, 4.69) is 48.5 Å². The number of allylic oxidation sites excluding steroid dienone is 2. The quantitative estimate of drug-likeness (QED) is 0.439. The lowest BCUT2D eigenvalue weighted by Crippen LogP contribution is -2.76. The van der Waals surface area contributed by atoms with Crippen LogP contribution in [0.25, 0.3) is 5.57 Å². The van der Waals surface area contributed by atoms with E-state index in [4.69, 9.17) is 14.7 Å². The van der Waals surface area contributed by atoms with Gasteiger partial charge in [-0.25, -0.2) is 0 Å². The molecule has 3 heterocycles. The topological polar surface area (TPSA) is 35.0 Å². The van der Waals surface area contributed by atoms with E-state index >= 15 is 0 Å². The molecule has 1 aromatic heterocycles. The second-order valence-corrected chi connectivity index (χ2v) is 14.7. The van der Waals surface area contributed by atoms with Gasteiger partial charge in [0, 0.05) is 23.7 Å². The first-order valence-corrected chi connectivity index (χ1v) is 14.2. The number of hydrogen-bond acceptors (Lipinski definition) is 3. The van der Waals surface area contributed by atoms with Crippen molar-refractivity contribution < 1.29 is 4.74 Å². The van der Waals surface area contributed by atoms with Gasteiger partial charge in [0.2, 0.25) is 0 Å². The Morgan fingerprint density at radius 3 is 2.35 bits per heavy atom. The number of hydrogen-bond donors (Lipinski definition) is 0. The van der Waals surface area contributed by atoms with E-state index in [1.165, 1.54) is 68.3 Å². The van der Waals surface area contributed by atoms with Crippen LogP contribution < -0.4 is 0 Å². The first-order valence-electron chi connectivity index (χ1n) is 14.2. The lowest BCUT2D eigenvalue weighted by atomic mass is 9.33. The van der Waals surface area contributed by atoms with Crippen molar-refractivity contribution in [3.8, 4) is 0 Å². The summed E-state index contributed by atoms with van der Waals surface area (Å²) in [6.07, 6.45) is 14.9. The fourth-order valence-corrected chi connectivity index (χ4v) is 11.0. The maximum atomic E-state index is 6.80. The molecule has 0 amide bonds. The summed E-state index contributed by atoms with van der Waals surface area (Å²) in [6.45, 7) is 17.6. The first-order chi connectivity index (χ1) is 16.0. The zero-order chi connectivity index (χ0) is 23.9. The SMILES string of the molecule is CC(C)C1=C2CC[C@]3(C)[C@H](CC[C@H]4C5[C@H]6O[C@@]5(CCC6(C)C)CC[C@]43C)[C@@]2(C)c2nccnc21. The summed E-state index contributed by atoms with van der Waals surface area (Å²) in [5.41, 5.74) is 7.04. The van der Waals surface area contributed by atoms with Gasteiger partial charge in [0.1, 0.15) is 0 Å². The van der Waals surface area contributed by atoms with Crippen LogP contribution in [0, 0.1) is 39.9 Å². The van der Waals surface area contributed by atoms with Crippen molar-refractivity contribution in [2.45, 2.75) is 117 Å². The van der Waals surface area contributed by atoms with Gasteiger partial charge in [-0.15, -0.1) is 0 Å². The molecule has 1 unspecified atom stereocenters. The van der Waals surface area contributed by atoms with Crippen molar-refractivity contribution >= 4 is 5.57 Å². The Bertz CT molecular complexity index is 1100. The van der Waals surface area contributed by atoms with Crippen LogP contribution >= 0.6 is 0 Å². The Kier molecular flexibility index (Phi) is 4.12. The summed E-state index contributed by atoms with van der Waals surface area (Å²) in [5.74, 6) is 2.74. The molecule has 34 heavy (non-hydrogen) atoms. The average Bonchev–Trinajstić information content (AvgIpc) is 3.03. The van der Waals surface area contributed by atoms with Crippen LogP contribution in [0.3, 0.4) is 0 Å². The van der Waals surface area contributed by atoms with Crippen molar-refractivity contribution in [1.29, 1.82) is 0 Å². The van der Waals surface area contributed by atoms with Gasteiger partial charge in [0.15, 0.2) is 0 Å². The van der Waals surface area contributed by atoms with Crippen LogP contribution in [0.15, 0.2) is 18.0 Å². The Balaban J connectivity index is 1.34. The number of rotatable bonds is 1. The van der Waals surface area contributed by atoms with E-state index in [9.17, 15) is 0 Å². The fourth-order valence-electron chi connectivity index (χ4n) is 11.0.